The van der Waals surface area contributed by atoms with Gasteiger partial charge in [-0.2, -0.15) is 0 Å². The van der Waals surface area contributed by atoms with Gasteiger partial charge in [0, 0.05) is 16.2 Å². The second-order valence-corrected chi connectivity index (χ2v) is 4.75. The molecule has 2 aromatic rings. The molecule has 0 fully saturated rings. The maximum Gasteiger partial charge on any atom is 0.224 e. The molecule has 3 nitrogen and oxygen atoms in total. The Hall–Kier alpha value is -1.17. The highest BCUT2D eigenvalue weighted by atomic mass is 79.9. The van der Waals surface area contributed by atoms with E-state index in [0.29, 0.717) is 10.0 Å². The summed E-state index contributed by atoms with van der Waals surface area (Å²) in [6.07, 6.45) is 1.50. The first-order valence-electron chi connectivity index (χ1n) is 4.99. The van der Waals surface area contributed by atoms with E-state index in [9.17, 15) is 9.50 Å². The fraction of sp³-hybridized carbons (Fsp3) is 0.0833. The molecule has 1 aromatic carbocycles. The first-order valence-corrected chi connectivity index (χ1v) is 6.16. The minimum Gasteiger partial charge on any atom is -0.436 e. The average molecular weight is 333 g/mol. The summed E-state index contributed by atoms with van der Waals surface area (Å²) in [4.78, 5) is 3.98. The van der Waals surface area contributed by atoms with Crippen molar-refractivity contribution in [1.82, 2.24) is 4.98 Å². The number of benzene rings is 1. The molecule has 0 spiro atoms. The SMILES string of the molecule is OCc1cc(Br)cnc1Oc1cccc(Cl)c1F. The number of ether oxygens (including phenoxy) is 1. The predicted octanol–water partition coefficient (Wildman–Crippen LogP) is 3.92. The molecule has 0 unspecified atom stereocenters. The molecule has 0 radical (unpaired) electrons. The molecule has 1 heterocycles. The minimum atomic E-state index is -0.659. The second-order valence-electron chi connectivity index (χ2n) is 3.43. The molecule has 0 saturated carbocycles. The molecule has 94 valence electrons. The summed E-state index contributed by atoms with van der Waals surface area (Å²) in [5, 5.41) is 9.15. The van der Waals surface area contributed by atoms with Crippen LogP contribution in [0.1, 0.15) is 5.56 Å². The zero-order chi connectivity index (χ0) is 13.1. The summed E-state index contributed by atoms with van der Waals surface area (Å²) in [5.74, 6) is -0.554. The Morgan fingerprint density at radius 2 is 2.22 bits per heavy atom. The highest BCUT2D eigenvalue weighted by molar-refractivity contribution is 9.10. The van der Waals surface area contributed by atoms with Crippen LogP contribution >= 0.6 is 27.5 Å². The molecule has 0 aliphatic heterocycles. The lowest BCUT2D eigenvalue weighted by Gasteiger charge is -2.09. The zero-order valence-electron chi connectivity index (χ0n) is 9.03. The van der Waals surface area contributed by atoms with E-state index in [1.165, 1.54) is 18.3 Å². The van der Waals surface area contributed by atoms with E-state index in [2.05, 4.69) is 20.9 Å². The van der Waals surface area contributed by atoms with Crippen LogP contribution in [0.3, 0.4) is 0 Å². The Morgan fingerprint density at radius 3 is 2.94 bits per heavy atom. The van der Waals surface area contributed by atoms with Gasteiger partial charge in [0.15, 0.2) is 11.6 Å². The third-order valence-electron chi connectivity index (χ3n) is 2.19. The third-order valence-corrected chi connectivity index (χ3v) is 2.91. The summed E-state index contributed by atoms with van der Waals surface area (Å²) in [6, 6.07) is 6.07. The Balaban J connectivity index is 2.37. The smallest absolute Gasteiger partial charge is 0.224 e. The number of nitrogens with zero attached hydrogens (tertiary/aromatic N) is 1. The van der Waals surface area contributed by atoms with Crippen molar-refractivity contribution in [2.45, 2.75) is 6.61 Å². The van der Waals surface area contributed by atoms with E-state index in [-0.39, 0.29) is 23.3 Å². The quantitative estimate of drug-likeness (QED) is 0.926. The van der Waals surface area contributed by atoms with Crippen LogP contribution < -0.4 is 4.74 Å². The van der Waals surface area contributed by atoms with Crippen molar-refractivity contribution in [1.29, 1.82) is 0 Å². The van der Waals surface area contributed by atoms with E-state index >= 15 is 0 Å². The van der Waals surface area contributed by atoms with Gasteiger partial charge >= 0.3 is 0 Å². The van der Waals surface area contributed by atoms with Crippen LogP contribution in [0.15, 0.2) is 34.9 Å². The Kier molecular flexibility index (Phi) is 4.16. The summed E-state index contributed by atoms with van der Waals surface area (Å²) >= 11 is 8.87. The van der Waals surface area contributed by atoms with Gasteiger partial charge in [-0.3, -0.25) is 0 Å². The van der Waals surface area contributed by atoms with Crippen LogP contribution in [0, 0.1) is 5.82 Å². The van der Waals surface area contributed by atoms with Crippen LogP contribution in [0.2, 0.25) is 5.02 Å². The van der Waals surface area contributed by atoms with Crippen molar-refractivity contribution >= 4 is 27.5 Å². The molecular formula is C12H8BrClFNO2. The Bertz CT molecular complexity index is 580. The number of aliphatic hydroxyl groups excluding tert-OH is 1. The molecule has 1 aromatic heterocycles. The van der Waals surface area contributed by atoms with E-state index in [1.807, 2.05) is 0 Å². The number of hydrogen-bond donors (Lipinski definition) is 1. The minimum absolute atomic E-state index is 0.0323. The molecule has 0 atom stereocenters. The highest BCUT2D eigenvalue weighted by Gasteiger charge is 2.12. The largest absolute Gasteiger partial charge is 0.436 e. The third kappa shape index (κ3) is 2.80. The molecular weight excluding hydrogens is 324 g/mol. The second kappa shape index (κ2) is 5.65. The lowest BCUT2D eigenvalue weighted by atomic mass is 10.3. The maximum absolute atomic E-state index is 13.6. The van der Waals surface area contributed by atoms with Gasteiger partial charge < -0.3 is 9.84 Å². The molecule has 0 amide bonds. The van der Waals surface area contributed by atoms with Gasteiger partial charge in [-0.1, -0.05) is 17.7 Å². The average Bonchev–Trinajstić information content (AvgIpc) is 2.37. The van der Waals surface area contributed by atoms with Gasteiger partial charge in [0.2, 0.25) is 5.88 Å². The molecule has 0 aliphatic carbocycles. The van der Waals surface area contributed by atoms with Crippen LogP contribution in [0.5, 0.6) is 11.6 Å². The van der Waals surface area contributed by atoms with Crippen molar-refractivity contribution in [3.8, 4) is 11.6 Å². The van der Waals surface area contributed by atoms with E-state index < -0.39 is 5.82 Å². The van der Waals surface area contributed by atoms with Crippen LogP contribution in [-0.4, -0.2) is 10.1 Å². The van der Waals surface area contributed by atoms with E-state index in [0.717, 1.165) is 0 Å². The van der Waals surface area contributed by atoms with Crippen molar-refractivity contribution in [3.63, 3.8) is 0 Å². The van der Waals surface area contributed by atoms with Crippen molar-refractivity contribution in [2.24, 2.45) is 0 Å². The summed E-state index contributed by atoms with van der Waals surface area (Å²) in [6.45, 7) is -0.260. The Labute approximate surface area is 116 Å². The molecule has 0 bridgehead atoms. The molecule has 0 aliphatic rings. The number of aliphatic hydroxyl groups is 1. The fourth-order valence-corrected chi connectivity index (χ4v) is 1.89. The summed E-state index contributed by atoms with van der Waals surface area (Å²) in [7, 11) is 0. The van der Waals surface area contributed by atoms with Gasteiger partial charge in [0.05, 0.1) is 11.6 Å². The standard InChI is InChI=1S/C12H8BrClFNO2/c13-8-4-7(6-17)12(16-5-8)18-10-3-1-2-9(14)11(10)15/h1-5,17H,6H2. The van der Waals surface area contributed by atoms with E-state index in [4.69, 9.17) is 16.3 Å². The fourth-order valence-electron chi connectivity index (χ4n) is 1.34. The number of rotatable bonds is 3. The van der Waals surface area contributed by atoms with Crippen molar-refractivity contribution in [3.05, 3.63) is 51.3 Å². The van der Waals surface area contributed by atoms with Crippen LogP contribution in [0.4, 0.5) is 4.39 Å². The van der Waals surface area contributed by atoms with Crippen molar-refractivity contribution in [2.75, 3.05) is 0 Å². The first kappa shape index (κ1) is 13.3. The lowest BCUT2D eigenvalue weighted by Crippen LogP contribution is -1.96. The molecule has 18 heavy (non-hydrogen) atoms. The lowest BCUT2D eigenvalue weighted by molar-refractivity contribution is 0.274. The van der Waals surface area contributed by atoms with Gasteiger partial charge in [-0.15, -0.1) is 0 Å². The van der Waals surface area contributed by atoms with Crippen molar-refractivity contribution < 1.29 is 14.2 Å². The number of pyridine rings is 1. The molecule has 0 saturated heterocycles. The monoisotopic (exact) mass is 331 g/mol. The number of hydrogen-bond acceptors (Lipinski definition) is 3. The number of halogens is 3. The predicted molar refractivity (Wildman–Crippen MR) is 69.3 cm³/mol. The summed E-state index contributed by atoms with van der Waals surface area (Å²) < 4.78 is 19.7. The number of aromatic nitrogens is 1. The summed E-state index contributed by atoms with van der Waals surface area (Å²) in [5.41, 5.74) is 0.448. The first-order chi connectivity index (χ1) is 8.61. The molecule has 6 heteroatoms. The van der Waals surface area contributed by atoms with Gasteiger partial charge in [0.1, 0.15) is 0 Å². The Morgan fingerprint density at radius 1 is 1.44 bits per heavy atom. The highest BCUT2D eigenvalue weighted by Crippen LogP contribution is 2.30. The van der Waals surface area contributed by atoms with Gasteiger partial charge in [0.25, 0.3) is 0 Å². The molecule has 2 rings (SSSR count). The van der Waals surface area contributed by atoms with Gasteiger partial charge in [-0.25, -0.2) is 9.37 Å². The maximum atomic E-state index is 13.6. The van der Waals surface area contributed by atoms with Gasteiger partial charge in [-0.05, 0) is 34.1 Å². The van der Waals surface area contributed by atoms with Crippen LogP contribution in [0.25, 0.3) is 0 Å². The van der Waals surface area contributed by atoms with E-state index in [1.54, 1.807) is 12.1 Å². The normalized spacial score (nSPS) is 10.4. The zero-order valence-corrected chi connectivity index (χ0v) is 11.4. The van der Waals surface area contributed by atoms with Crippen LogP contribution in [-0.2, 0) is 6.61 Å². The topological polar surface area (TPSA) is 42.4 Å². The molecule has 1 N–H and O–H groups in total.